The first-order chi connectivity index (χ1) is 13.5. The van der Waals surface area contributed by atoms with E-state index < -0.39 is 34.7 Å². The van der Waals surface area contributed by atoms with Crippen LogP contribution in [0.1, 0.15) is 93.4 Å². The van der Waals surface area contributed by atoms with Crippen LogP contribution < -0.4 is 0 Å². The summed E-state index contributed by atoms with van der Waals surface area (Å²) in [5.41, 5.74) is -2.79. The molecule has 0 bridgehead atoms. The number of hydrogen-bond acceptors (Lipinski definition) is 9. The molecule has 9 nitrogen and oxygen atoms in total. The van der Waals surface area contributed by atoms with Crippen molar-refractivity contribution < 1.29 is 43.7 Å². The number of hydrogen-bond donors (Lipinski definition) is 0. The second-order valence-corrected chi connectivity index (χ2v) is 9.46. The average Bonchev–Trinajstić information content (AvgIpc) is 2.59. The zero-order valence-electron chi connectivity index (χ0n) is 18.9. The lowest BCUT2D eigenvalue weighted by atomic mass is 10.0. The molecule has 1 aromatic rings. The molecule has 0 aliphatic carbocycles. The Labute approximate surface area is 176 Å². The van der Waals surface area contributed by atoms with Crippen LogP contribution in [0, 0.1) is 0 Å². The molecule has 30 heavy (non-hydrogen) atoms. The minimum Gasteiger partial charge on any atom is -0.292 e. The Morgan fingerprint density at radius 1 is 0.567 bits per heavy atom. The van der Waals surface area contributed by atoms with E-state index >= 15 is 0 Å². The molecule has 0 N–H and O–H groups in total. The highest BCUT2D eigenvalue weighted by Gasteiger charge is 2.27. The molecule has 1 aromatic carbocycles. The number of carbonyl (C=O) groups is 3. The fraction of sp³-hybridized carbons (Fsp3) is 0.571. The van der Waals surface area contributed by atoms with Crippen molar-refractivity contribution in [2.75, 3.05) is 0 Å². The van der Waals surface area contributed by atoms with Crippen LogP contribution in [0.5, 0.6) is 0 Å². The topological polar surface area (TPSA) is 107 Å². The van der Waals surface area contributed by atoms with E-state index in [4.69, 9.17) is 29.3 Å². The number of rotatable bonds is 6. The first-order valence-electron chi connectivity index (χ1n) is 9.33. The van der Waals surface area contributed by atoms with E-state index in [1.165, 1.54) is 12.1 Å². The van der Waals surface area contributed by atoms with Gasteiger partial charge in [0.15, 0.2) is 0 Å². The molecule has 0 unspecified atom stereocenters. The first kappa shape index (κ1) is 25.5. The summed E-state index contributed by atoms with van der Waals surface area (Å²) in [6, 6.07) is 3.62. The highest BCUT2D eigenvalue weighted by Crippen LogP contribution is 2.20. The number of carbonyl (C=O) groups excluding carboxylic acids is 3. The van der Waals surface area contributed by atoms with Gasteiger partial charge >= 0.3 is 17.9 Å². The summed E-state index contributed by atoms with van der Waals surface area (Å²) in [5, 5.41) is 0. The monoisotopic (exact) mass is 426 g/mol. The Hall–Kier alpha value is -2.49. The molecule has 0 radical (unpaired) electrons. The van der Waals surface area contributed by atoms with Gasteiger partial charge in [-0.15, -0.1) is 0 Å². The molecule has 1 rings (SSSR count). The molecule has 0 saturated heterocycles. The second-order valence-electron chi connectivity index (χ2n) is 9.46. The summed E-state index contributed by atoms with van der Waals surface area (Å²) in [7, 11) is 0. The van der Waals surface area contributed by atoms with Gasteiger partial charge in [-0.3, -0.25) is 14.7 Å². The summed E-state index contributed by atoms with van der Waals surface area (Å²) in [5.74, 6) is -2.81. The molecule has 0 aliphatic heterocycles. The minimum atomic E-state index is -1.00. The molecule has 0 aromatic heterocycles. The predicted octanol–water partition coefficient (Wildman–Crippen LogP) is 4.35. The molecule has 0 saturated carbocycles. The van der Waals surface area contributed by atoms with Crippen molar-refractivity contribution in [3.05, 3.63) is 34.9 Å². The van der Waals surface area contributed by atoms with Crippen molar-refractivity contribution in [2.24, 2.45) is 0 Å². The second kappa shape index (κ2) is 9.55. The molecule has 0 amide bonds. The summed E-state index contributed by atoms with van der Waals surface area (Å²) >= 11 is 0. The average molecular weight is 426 g/mol. The molecule has 0 heterocycles. The van der Waals surface area contributed by atoms with E-state index in [1.54, 1.807) is 62.3 Å². The lowest BCUT2D eigenvalue weighted by Crippen LogP contribution is -2.25. The molecular weight excluding hydrogens is 396 g/mol. The van der Waals surface area contributed by atoms with E-state index in [0.29, 0.717) is 0 Å². The van der Waals surface area contributed by atoms with Crippen molar-refractivity contribution in [1.29, 1.82) is 0 Å². The van der Waals surface area contributed by atoms with E-state index in [9.17, 15) is 14.4 Å². The predicted molar refractivity (Wildman–Crippen MR) is 105 cm³/mol. The van der Waals surface area contributed by atoms with Gasteiger partial charge in [0, 0.05) is 0 Å². The highest BCUT2D eigenvalue weighted by molar-refractivity contribution is 6.04. The fourth-order valence-electron chi connectivity index (χ4n) is 1.64. The van der Waals surface area contributed by atoms with Gasteiger partial charge in [-0.1, -0.05) is 0 Å². The molecule has 0 aliphatic rings. The van der Waals surface area contributed by atoms with E-state index in [1.807, 2.05) is 0 Å². The van der Waals surface area contributed by atoms with Crippen molar-refractivity contribution in [2.45, 2.75) is 79.1 Å². The third-order valence-corrected chi connectivity index (χ3v) is 2.80. The summed E-state index contributed by atoms with van der Waals surface area (Å²) < 4.78 is 0. The van der Waals surface area contributed by atoms with Crippen molar-refractivity contribution in [3.8, 4) is 0 Å². The number of benzene rings is 1. The van der Waals surface area contributed by atoms with Crippen molar-refractivity contribution in [1.82, 2.24) is 0 Å². The van der Waals surface area contributed by atoms with Crippen LogP contribution in [0.4, 0.5) is 0 Å². The van der Waals surface area contributed by atoms with Gasteiger partial charge in [0.2, 0.25) is 0 Å². The molecule has 0 spiro atoms. The van der Waals surface area contributed by atoms with Crippen molar-refractivity contribution >= 4 is 17.9 Å². The largest absolute Gasteiger partial charge is 0.374 e. The SMILES string of the molecule is CC(C)(C)OOC(=O)c1ccc(C(=O)OOC(C)(C)C)c(C(=O)OOC(C)(C)C)c1. The molecular formula is C21H30O9. The Bertz CT molecular complexity index is 777. The zero-order chi connectivity index (χ0) is 23.3. The van der Waals surface area contributed by atoms with Gasteiger partial charge < -0.3 is 0 Å². The minimum absolute atomic E-state index is 0.0461. The van der Waals surface area contributed by atoms with Crippen LogP contribution in [-0.4, -0.2) is 34.7 Å². The van der Waals surface area contributed by atoms with Gasteiger partial charge in [-0.25, -0.2) is 14.4 Å². The lowest BCUT2D eigenvalue weighted by molar-refractivity contribution is -0.302. The maximum Gasteiger partial charge on any atom is 0.374 e. The Morgan fingerprint density at radius 2 is 0.933 bits per heavy atom. The van der Waals surface area contributed by atoms with Crippen molar-refractivity contribution in [3.63, 3.8) is 0 Å². The van der Waals surface area contributed by atoms with Gasteiger partial charge in [0.1, 0.15) is 16.8 Å². The summed E-state index contributed by atoms with van der Waals surface area (Å²) in [6.07, 6.45) is 0. The van der Waals surface area contributed by atoms with Gasteiger partial charge in [-0.05, 0) is 80.5 Å². The van der Waals surface area contributed by atoms with Crippen LogP contribution >= 0.6 is 0 Å². The summed E-state index contributed by atoms with van der Waals surface area (Å²) in [4.78, 5) is 66.6. The zero-order valence-corrected chi connectivity index (χ0v) is 18.9. The Kier molecular flexibility index (Phi) is 8.13. The smallest absolute Gasteiger partial charge is 0.292 e. The normalized spacial score (nSPS) is 12.3. The maximum absolute atomic E-state index is 12.5. The summed E-state index contributed by atoms with van der Waals surface area (Å²) in [6.45, 7) is 15.1. The highest BCUT2D eigenvalue weighted by atomic mass is 17.2. The quantitative estimate of drug-likeness (QED) is 0.485. The van der Waals surface area contributed by atoms with Crippen LogP contribution in [0.15, 0.2) is 18.2 Å². The van der Waals surface area contributed by atoms with E-state index in [0.717, 1.165) is 6.07 Å². The van der Waals surface area contributed by atoms with Gasteiger partial charge in [-0.2, -0.15) is 14.7 Å². The first-order valence-corrected chi connectivity index (χ1v) is 9.33. The van der Waals surface area contributed by atoms with Crippen LogP contribution in [0.25, 0.3) is 0 Å². The standard InChI is InChI=1S/C21H30O9/c1-19(2,3)28-25-16(22)13-10-11-14(17(23)26-29-20(4,5)6)15(12-13)18(24)27-30-21(7,8)9/h10-12H,1-9H3. The van der Waals surface area contributed by atoms with Crippen LogP contribution in [0.2, 0.25) is 0 Å². The maximum atomic E-state index is 12.5. The fourth-order valence-corrected chi connectivity index (χ4v) is 1.64. The van der Waals surface area contributed by atoms with Crippen LogP contribution in [0.3, 0.4) is 0 Å². The third-order valence-electron chi connectivity index (χ3n) is 2.80. The molecule has 0 fully saturated rings. The Balaban J connectivity index is 3.18. The lowest BCUT2D eigenvalue weighted by Gasteiger charge is -2.19. The van der Waals surface area contributed by atoms with Gasteiger partial charge in [0.05, 0.1) is 16.7 Å². The van der Waals surface area contributed by atoms with Crippen LogP contribution in [-0.2, 0) is 29.3 Å². The van der Waals surface area contributed by atoms with E-state index in [2.05, 4.69) is 0 Å². The third kappa shape index (κ3) is 9.34. The molecule has 168 valence electrons. The van der Waals surface area contributed by atoms with Gasteiger partial charge in [0.25, 0.3) is 0 Å². The van der Waals surface area contributed by atoms with E-state index in [-0.39, 0.29) is 16.7 Å². The Morgan fingerprint density at radius 3 is 1.33 bits per heavy atom. The molecule has 9 heteroatoms. The molecule has 0 atom stereocenters.